The van der Waals surface area contributed by atoms with Gasteiger partial charge in [-0.3, -0.25) is 9.89 Å². The van der Waals surface area contributed by atoms with Crippen LogP contribution in [0.1, 0.15) is 49.2 Å². The Labute approximate surface area is 145 Å². The monoisotopic (exact) mass is 339 g/mol. The van der Waals surface area contributed by atoms with Crippen LogP contribution in [0.5, 0.6) is 0 Å². The molecule has 1 aliphatic rings. The number of aliphatic carboxylic acids is 1. The standard InChI is InChI=1S/C18H21N5O2/c1-3-5-12(18(24)25)14-10(2)21-17-16(15(14)11-8-19-20-9-11)23-7-4-6-13(23)22-17/h8-9,12H,3-7H2,1-2H3,(H,19,20)(H,24,25). The van der Waals surface area contributed by atoms with Gasteiger partial charge >= 0.3 is 5.97 Å². The number of nitrogens with one attached hydrogen (secondary N) is 1. The molecule has 3 aromatic heterocycles. The number of carboxylic acid groups (broad SMARTS) is 1. The Bertz CT molecular complexity index is 942. The van der Waals surface area contributed by atoms with Crippen molar-refractivity contribution in [2.75, 3.05) is 0 Å². The lowest BCUT2D eigenvalue weighted by molar-refractivity contribution is -0.139. The first kappa shape index (κ1) is 15.8. The van der Waals surface area contributed by atoms with E-state index in [1.54, 1.807) is 6.20 Å². The summed E-state index contributed by atoms with van der Waals surface area (Å²) in [7, 11) is 0. The molecule has 1 unspecified atom stereocenters. The van der Waals surface area contributed by atoms with Crippen LogP contribution in [-0.4, -0.2) is 35.8 Å². The normalized spacial score (nSPS) is 14.8. The van der Waals surface area contributed by atoms with Gasteiger partial charge in [0.25, 0.3) is 0 Å². The molecule has 1 aliphatic heterocycles. The maximum atomic E-state index is 12.0. The van der Waals surface area contributed by atoms with E-state index in [1.807, 2.05) is 20.0 Å². The van der Waals surface area contributed by atoms with E-state index in [1.165, 1.54) is 0 Å². The summed E-state index contributed by atoms with van der Waals surface area (Å²) in [5.74, 6) is -0.359. The average molecular weight is 339 g/mol. The highest BCUT2D eigenvalue weighted by molar-refractivity contribution is 5.95. The van der Waals surface area contributed by atoms with Crippen LogP contribution in [0.2, 0.25) is 0 Å². The largest absolute Gasteiger partial charge is 0.481 e. The van der Waals surface area contributed by atoms with Crippen molar-refractivity contribution in [3.8, 4) is 11.1 Å². The Morgan fingerprint density at radius 2 is 2.28 bits per heavy atom. The second-order valence-electron chi connectivity index (χ2n) is 6.61. The molecule has 0 radical (unpaired) electrons. The van der Waals surface area contributed by atoms with Gasteiger partial charge in [0.05, 0.1) is 17.6 Å². The third-order valence-electron chi connectivity index (χ3n) is 4.99. The number of aromatic amines is 1. The molecule has 0 fully saturated rings. The van der Waals surface area contributed by atoms with Crippen LogP contribution in [-0.2, 0) is 17.8 Å². The van der Waals surface area contributed by atoms with Crippen LogP contribution in [0.25, 0.3) is 22.3 Å². The van der Waals surface area contributed by atoms with Crippen molar-refractivity contribution in [3.05, 3.63) is 29.5 Å². The molecule has 0 bridgehead atoms. The third-order valence-corrected chi connectivity index (χ3v) is 4.99. The lowest BCUT2D eigenvalue weighted by Crippen LogP contribution is -2.15. The molecule has 0 saturated carbocycles. The molecule has 25 heavy (non-hydrogen) atoms. The topological polar surface area (TPSA) is 96.7 Å². The third kappa shape index (κ3) is 2.42. The number of hydrogen-bond donors (Lipinski definition) is 2. The smallest absolute Gasteiger partial charge is 0.311 e. The van der Waals surface area contributed by atoms with E-state index in [0.717, 1.165) is 59.5 Å². The van der Waals surface area contributed by atoms with Crippen molar-refractivity contribution in [3.63, 3.8) is 0 Å². The molecule has 0 saturated heterocycles. The van der Waals surface area contributed by atoms with Crippen molar-refractivity contribution in [2.45, 2.75) is 52.0 Å². The van der Waals surface area contributed by atoms with Crippen LogP contribution < -0.4 is 0 Å². The molecule has 2 N–H and O–H groups in total. The minimum absolute atomic E-state index is 0.579. The molecule has 4 rings (SSSR count). The van der Waals surface area contributed by atoms with Gasteiger partial charge < -0.3 is 9.67 Å². The minimum atomic E-state index is -0.808. The van der Waals surface area contributed by atoms with E-state index >= 15 is 0 Å². The highest BCUT2D eigenvalue weighted by Gasteiger charge is 2.30. The maximum absolute atomic E-state index is 12.0. The SMILES string of the molecule is CCCC(C(=O)O)c1c(C)nc2nc3n(c2c1-c1cn[nH]c1)CCC3. The van der Waals surface area contributed by atoms with Crippen molar-refractivity contribution in [2.24, 2.45) is 0 Å². The number of hydrogen-bond acceptors (Lipinski definition) is 4. The number of carbonyl (C=O) groups is 1. The Hall–Kier alpha value is -2.70. The number of aryl methyl sites for hydroxylation is 3. The summed E-state index contributed by atoms with van der Waals surface area (Å²) in [6.45, 7) is 4.78. The Kier molecular flexibility index (Phi) is 3.78. The van der Waals surface area contributed by atoms with Gasteiger partial charge in [-0.15, -0.1) is 0 Å². The molecule has 4 heterocycles. The van der Waals surface area contributed by atoms with Crippen LogP contribution >= 0.6 is 0 Å². The van der Waals surface area contributed by atoms with Gasteiger partial charge in [-0.25, -0.2) is 9.97 Å². The van der Waals surface area contributed by atoms with Crippen molar-refractivity contribution < 1.29 is 9.90 Å². The first-order chi connectivity index (χ1) is 12.1. The van der Waals surface area contributed by atoms with Crippen LogP contribution in [0.4, 0.5) is 0 Å². The number of carboxylic acids is 1. The fourth-order valence-electron chi connectivity index (χ4n) is 3.95. The van der Waals surface area contributed by atoms with Crippen LogP contribution in [0, 0.1) is 6.92 Å². The summed E-state index contributed by atoms with van der Waals surface area (Å²) in [6.07, 6.45) is 6.93. The number of nitrogens with zero attached hydrogens (tertiary/aromatic N) is 4. The van der Waals surface area contributed by atoms with Gasteiger partial charge in [-0.2, -0.15) is 5.10 Å². The quantitative estimate of drug-likeness (QED) is 0.745. The van der Waals surface area contributed by atoms with E-state index in [9.17, 15) is 9.90 Å². The fraction of sp³-hybridized carbons (Fsp3) is 0.444. The van der Waals surface area contributed by atoms with E-state index in [2.05, 4.69) is 24.7 Å². The molecule has 130 valence electrons. The Balaban J connectivity index is 2.09. The van der Waals surface area contributed by atoms with Crippen LogP contribution in [0.3, 0.4) is 0 Å². The molecular weight excluding hydrogens is 318 g/mol. The molecule has 0 spiro atoms. The number of imidazole rings is 1. The molecule has 3 aromatic rings. The first-order valence-electron chi connectivity index (χ1n) is 8.73. The highest BCUT2D eigenvalue weighted by Crippen LogP contribution is 2.39. The predicted molar refractivity (Wildman–Crippen MR) is 93.5 cm³/mol. The number of fused-ring (bicyclic) bond motifs is 3. The first-order valence-corrected chi connectivity index (χ1v) is 8.73. The van der Waals surface area contributed by atoms with Crippen molar-refractivity contribution in [1.29, 1.82) is 0 Å². The van der Waals surface area contributed by atoms with Crippen LogP contribution in [0.15, 0.2) is 12.4 Å². The zero-order chi connectivity index (χ0) is 17.6. The second kappa shape index (κ2) is 5.98. The van der Waals surface area contributed by atoms with Gasteiger partial charge in [-0.1, -0.05) is 13.3 Å². The molecule has 7 heteroatoms. The van der Waals surface area contributed by atoms with E-state index in [-0.39, 0.29) is 0 Å². The summed E-state index contributed by atoms with van der Waals surface area (Å²) >= 11 is 0. The Morgan fingerprint density at radius 3 is 2.96 bits per heavy atom. The van der Waals surface area contributed by atoms with Gasteiger partial charge in [0.15, 0.2) is 5.65 Å². The molecule has 0 aliphatic carbocycles. The summed E-state index contributed by atoms with van der Waals surface area (Å²) in [4.78, 5) is 21.4. The fourth-order valence-corrected chi connectivity index (χ4v) is 3.95. The minimum Gasteiger partial charge on any atom is -0.481 e. The molecule has 1 atom stereocenters. The summed E-state index contributed by atoms with van der Waals surface area (Å²) < 4.78 is 2.19. The molecular formula is C18H21N5O2. The summed E-state index contributed by atoms with van der Waals surface area (Å²) in [6, 6.07) is 0. The van der Waals surface area contributed by atoms with Gasteiger partial charge in [0.2, 0.25) is 0 Å². The van der Waals surface area contributed by atoms with Crippen molar-refractivity contribution in [1.82, 2.24) is 24.7 Å². The zero-order valence-corrected chi connectivity index (χ0v) is 14.4. The predicted octanol–water partition coefficient (Wildman–Crippen LogP) is 3.04. The zero-order valence-electron chi connectivity index (χ0n) is 14.4. The molecule has 0 amide bonds. The van der Waals surface area contributed by atoms with E-state index in [4.69, 9.17) is 0 Å². The number of aromatic nitrogens is 5. The Morgan fingerprint density at radius 1 is 1.44 bits per heavy atom. The number of pyridine rings is 1. The maximum Gasteiger partial charge on any atom is 0.311 e. The van der Waals surface area contributed by atoms with Gasteiger partial charge in [0, 0.05) is 36.0 Å². The number of rotatable bonds is 5. The van der Waals surface area contributed by atoms with Gasteiger partial charge in [0.1, 0.15) is 5.82 Å². The van der Waals surface area contributed by atoms with E-state index in [0.29, 0.717) is 12.1 Å². The second-order valence-corrected chi connectivity index (χ2v) is 6.61. The van der Waals surface area contributed by atoms with E-state index < -0.39 is 11.9 Å². The molecule has 0 aromatic carbocycles. The lowest BCUT2D eigenvalue weighted by atomic mass is 9.87. The highest BCUT2D eigenvalue weighted by atomic mass is 16.4. The van der Waals surface area contributed by atoms with Gasteiger partial charge in [-0.05, 0) is 25.3 Å². The number of H-pyrrole nitrogens is 1. The van der Waals surface area contributed by atoms with Crippen molar-refractivity contribution >= 4 is 17.1 Å². The summed E-state index contributed by atoms with van der Waals surface area (Å²) in [5.41, 5.74) is 4.98. The lowest BCUT2D eigenvalue weighted by Gasteiger charge is -2.19. The average Bonchev–Trinajstić information content (AvgIpc) is 3.28. The molecule has 7 nitrogen and oxygen atoms in total. The summed E-state index contributed by atoms with van der Waals surface area (Å²) in [5, 5.41) is 16.8.